The van der Waals surface area contributed by atoms with Crippen LogP contribution < -0.4 is 0 Å². The van der Waals surface area contributed by atoms with Crippen LogP contribution in [0.1, 0.15) is 29.0 Å². The molecular formula is C18H17NO2. The Morgan fingerprint density at radius 1 is 1.00 bits per heavy atom. The fourth-order valence-corrected chi connectivity index (χ4v) is 2.84. The predicted molar refractivity (Wildman–Crippen MR) is 80.5 cm³/mol. The van der Waals surface area contributed by atoms with E-state index in [0.29, 0.717) is 6.54 Å². The van der Waals surface area contributed by atoms with Crippen LogP contribution in [0.25, 0.3) is 0 Å². The molecule has 2 aromatic rings. The van der Waals surface area contributed by atoms with Crippen molar-refractivity contribution in [3.63, 3.8) is 0 Å². The Hall–Kier alpha value is -2.42. The number of amides is 2. The fraction of sp³-hybridized carbons (Fsp3) is 0.222. The van der Waals surface area contributed by atoms with Gasteiger partial charge in [0.15, 0.2) is 0 Å². The molecule has 2 amide bonds. The number of aryl methyl sites for hydroxylation is 1. The number of hydrogen-bond donors (Lipinski definition) is 0. The SMILES string of the molecule is Cc1ccccc1[C@@H]1CC(=O)N(Cc2ccccc2)C1=O. The highest BCUT2D eigenvalue weighted by Gasteiger charge is 2.39. The van der Waals surface area contributed by atoms with Gasteiger partial charge in [-0.25, -0.2) is 0 Å². The van der Waals surface area contributed by atoms with Gasteiger partial charge in [-0.2, -0.15) is 0 Å². The molecule has 0 N–H and O–H groups in total. The van der Waals surface area contributed by atoms with Gasteiger partial charge in [-0.05, 0) is 23.6 Å². The molecule has 0 saturated carbocycles. The van der Waals surface area contributed by atoms with Crippen LogP contribution in [0.5, 0.6) is 0 Å². The van der Waals surface area contributed by atoms with Crippen molar-refractivity contribution in [3.05, 3.63) is 71.3 Å². The van der Waals surface area contributed by atoms with Crippen molar-refractivity contribution in [1.29, 1.82) is 0 Å². The molecule has 1 atom stereocenters. The average Bonchev–Trinajstić information content (AvgIpc) is 2.77. The number of imide groups is 1. The van der Waals surface area contributed by atoms with E-state index >= 15 is 0 Å². The predicted octanol–water partition coefficient (Wildman–Crippen LogP) is 3.04. The first-order chi connectivity index (χ1) is 10.2. The van der Waals surface area contributed by atoms with Crippen LogP contribution in [-0.4, -0.2) is 16.7 Å². The van der Waals surface area contributed by atoms with Crippen LogP contribution in [0.3, 0.4) is 0 Å². The molecule has 1 fully saturated rings. The van der Waals surface area contributed by atoms with E-state index in [0.717, 1.165) is 16.7 Å². The molecule has 1 aliphatic rings. The van der Waals surface area contributed by atoms with Crippen LogP contribution in [-0.2, 0) is 16.1 Å². The number of hydrogen-bond acceptors (Lipinski definition) is 2. The molecule has 0 radical (unpaired) electrons. The molecule has 3 rings (SSSR count). The minimum Gasteiger partial charge on any atom is -0.278 e. The molecule has 0 aromatic heterocycles. The lowest BCUT2D eigenvalue weighted by Gasteiger charge is -2.16. The van der Waals surface area contributed by atoms with Crippen molar-refractivity contribution >= 4 is 11.8 Å². The summed E-state index contributed by atoms with van der Waals surface area (Å²) in [5.74, 6) is -0.502. The molecule has 0 bridgehead atoms. The molecule has 2 aromatic carbocycles. The Labute approximate surface area is 124 Å². The van der Waals surface area contributed by atoms with Crippen LogP contribution >= 0.6 is 0 Å². The minimum atomic E-state index is -0.331. The van der Waals surface area contributed by atoms with Crippen molar-refractivity contribution < 1.29 is 9.59 Å². The largest absolute Gasteiger partial charge is 0.278 e. The Bertz CT molecular complexity index is 679. The zero-order valence-electron chi connectivity index (χ0n) is 12.0. The van der Waals surface area contributed by atoms with E-state index in [1.54, 1.807) is 0 Å². The maximum absolute atomic E-state index is 12.6. The lowest BCUT2D eigenvalue weighted by molar-refractivity contribution is -0.139. The van der Waals surface area contributed by atoms with Gasteiger partial charge in [0.1, 0.15) is 0 Å². The number of likely N-dealkylation sites (tertiary alicyclic amines) is 1. The lowest BCUT2D eigenvalue weighted by atomic mass is 9.93. The molecule has 1 aliphatic heterocycles. The first-order valence-corrected chi connectivity index (χ1v) is 7.10. The maximum atomic E-state index is 12.6. The normalized spacial score (nSPS) is 18.3. The minimum absolute atomic E-state index is 0.0850. The Kier molecular flexibility index (Phi) is 3.57. The molecule has 3 heteroatoms. The molecule has 0 spiro atoms. The summed E-state index contributed by atoms with van der Waals surface area (Å²) in [5.41, 5.74) is 3.00. The summed E-state index contributed by atoms with van der Waals surface area (Å²) in [7, 11) is 0. The summed E-state index contributed by atoms with van der Waals surface area (Å²) in [4.78, 5) is 26.1. The van der Waals surface area contributed by atoms with Gasteiger partial charge in [-0.3, -0.25) is 14.5 Å². The summed E-state index contributed by atoms with van der Waals surface area (Å²) in [6.45, 7) is 2.34. The molecule has 0 aliphatic carbocycles. The second kappa shape index (κ2) is 5.52. The maximum Gasteiger partial charge on any atom is 0.237 e. The van der Waals surface area contributed by atoms with E-state index < -0.39 is 0 Å². The second-order valence-electron chi connectivity index (χ2n) is 5.42. The van der Waals surface area contributed by atoms with Gasteiger partial charge in [-0.1, -0.05) is 54.6 Å². The van der Waals surface area contributed by atoms with E-state index in [2.05, 4.69) is 0 Å². The van der Waals surface area contributed by atoms with Gasteiger partial charge in [0.25, 0.3) is 0 Å². The van der Waals surface area contributed by atoms with E-state index in [9.17, 15) is 9.59 Å². The van der Waals surface area contributed by atoms with Crippen molar-refractivity contribution in [2.45, 2.75) is 25.8 Å². The highest BCUT2D eigenvalue weighted by atomic mass is 16.2. The lowest BCUT2D eigenvalue weighted by Crippen LogP contribution is -2.29. The highest BCUT2D eigenvalue weighted by molar-refractivity contribution is 6.06. The number of nitrogens with zero attached hydrogens (tertiary/aromatic N) is 1. The van der Waals surface area contributed by atoms with E-state index in [1.165, 1.54) is 4.90 Å². The number of rotatable bonds is 3. The zero-order chi connectivity index (χ0) is 14.8. The number of carbonyl (C=O) groups excluding carboxylic acids is 2. The van der Waals surface area contributed by atoms with E-state index in [4.69, 9.17) is 0 Å². The van der Waals surface area contributed by atoms with Crippen LogP contribution in [0.15, 0.2) is 54.6 Å². The zero-order valence-corrected chi connectivity index (χ0v) is 12.0. The third kappa shape index (κ3) is 2.59. The topological polar surface area (TPSA) is 37.4 Å². The molecule has 106 valence electrons. The van der Waals surface area contributed by atoms with Crippen molar-refractivity contribution in [2.24, 2.45) is 0 Å². The highest BCUT2D eigenvalue weighted by Crippen LogP contribution is 2.32. The molecule has 21 heavy (non-hydrogen) atoms. The van der Waals surface area contributed by atoms with Gasteiger partial charge in [0.05, 0.1) is 12.5 Å². The Balaban J connectivity index is 1.84. The summed E-state index contributed by atoms with van der Waals surface area (Å²) >= 11 is 0. The van der Waals surface area contributed by atoms with Crippen LogP contribution in [0.2, 0.25) is 0 Å². The number of carbonyl (C=O) groups is 2. The monoisotopic (exact) mass is 279 g/mol. The molecule has 3 nitrogen and oxygen atoms in total. The van der Waals surface area contributed by atoms with Crippen molar-refractivity contribution in [1.82, 2.24) is 4.90 Å². The van der Waals surface area contributed by atoms with Gasteiger partial charge in [-0.15, -0.1) is 0 Å². The van der Waals surface area contributed by atoms with Crippen molar-refractivity contribution in [2.75, 3.05) is 0 Å². The van der Waals surface area contributed by atoms with Gasteiger partial charge >= 0.3 is 0 Å². The first-order valence-electron chi connectivity index (χ1n) is 7.10. The van der Waals surface area contributed by atoms with Crippen LogP contribution in [0.4, 0.5) is 0 Å². The molecule has 0 unspecified atom stereocenters. The summed E-state index contributed by atoms with van der Waals surface area (Å²) in [6, 6.07) is 17.4. The van der Waals surface area contributed by atoms with E-state index in [1.807, 2.05) is 61.5 Å². The average molecular weight is 279 g/mol. The molecule has 1 heterocycles. The third-order valence-electron chi connectivity index (χ3n) is 3.99. The quantitative estimate of drug-likeness (QED) is 0.810. The fourth-order valence-electron chi connectivity index (χ4n) is 2.84. The Morgan fingerprint density at radius 3 is 2.38 bits per heavy atom. The van der Waals surface area contributed by atoms with E-state index in [-0.39, 0.29) is 24.2 Å². The first kappa shape index (κ1) is 13.6. The standard InChI is InChI=1S/C18H17NO2/c1-13-7-5-6-10-15(13)16-11-17(20)19(18(16)21)12-14-8-3-2-4-9-14/h2-10,16H,11-12H2,1H3/t16-/m0/s1. The van der Waals surface area contributed by atoms with Gasteiger partial charge in [0, 0.05) is 6.42 Å². The summed E-state index contributed by atoms with van der Waals surface area (Å²) < 4.78 is 0. The third-order valence-corrected chi connectivity index (χ3v) is 3.99. The summed E-state index contributed by atoms with van der Waals surface area (Å²) in [6.07, 6.45) is 0.274. The molecular weight excluding hydrogens is 262 g/mol. The van der Waals surface area contributed by atoms with Crippen molar-refractivity contribution in [3.8, 4) is 0 Å². The molecule has 1 saturated heterocycles. The van der Waals surface area contributed by atoms with Gasteiger partial charge in [0.2, 0.25) is 11.8 Å². The van der Waals surface area contributed by atoms with Crippen LogP contribution in [0, 0.1) is 6.92 Å². The second-order valence-corrected chi connectivity index (χ2v) is 5.42. The Morgan fingerprint density at radius 2 is 1.67 bits per heavy atom. The van der Waals surface area contributed by atoms with Gasteiger partial charge < -0.3 is 0 Å². The smallest absolute Gasteiger partial charge is 0.237 e. The summed E-state index contributed by atoms with van der Waals surface area (Å²) in [5, 5.41) is 0. The number of benzene rings is 2.